The molecule has 0 saturated heterocycles. The minimum atomic E-state index is -0.847. The van der Waals surface area contributed by atoms with Crippen molar-refractivity contribution >= 4 is 57.0 Å². The largest absolute Gasteiger partial charge is 0.477 e. The molecule has 132 valence electrons. The van der Waals surface area contributed by atoms with Crippen LogP contribution in [0.3, 0.4) is 0 Å². The summed E-state index contributed by atoms with van der Waals surface area (Å²) in [6, 6.07) is 10.2. The Balaban J connectivity index is 0.000000197. The Morgan fingerprint density at radius 3 is 1.96 bits per heavy atom. The standard InChI is InChI=1S/C5H3N3OS.C5H3NOS.C5H4O2S/c6-8-7-5(9)4-2-1-3-10-4;7-4-6-5-2-1-3-8-5;6-5(7)4-2-1-3-8-4/h1-3H;1-3H;1-3H,(H,6,7). The number of rotatable bonds is 3. The van der Waals surface area contributed by atoms with Crippen LogP contribution in [0.2, 0.25) is 0 Å². The van der Waals surface area contributed by atoms with Gasteiger partial charge in [0.05, 0.1) is 4.88 Å². The summed E-state index contributed by atoms with van der Waals surface area (Å²) in [5.41, 5.74) is 7.88. The number of hydrogen-bond donors (Lipinski definition) is 1. The zero-order chi connectivity index (χ0) is 19.2. The van der Waals surface area contributed by atoms with Gasteiger partial charge in [-0.05, 0) is 51.1 Å². The van der Waals surface area contributed by atoms with Crippen LogP contribution in [-0.2, 0) is 4.79 Å². The van der Waals surface area contributed by atoms with Crippen LogP contribution < -0.4 is 0 Å². The van der Waals surface area contributed by atoms with E-state index < -0.39 is 11.9 Å². The van der Waals surface area contributed by atoms with E-state index in [9.17, 15) is 14.4 Å². The van der Waals surface area contributed by atoms with Crippen LogP contribution in [0, 0.1) is 0 Å². The summed E-state index contributed by atoms with van der Waals surface area (Å²) in [6.45, 7) is 0. The van der Waals surface area contributed by atoms with E-state index >= 15 is 0 Å². The zero-order valence-corrected chi connectivity index (χ0v) is 15.3. The van der Waals surface area contributed by atoms with Gasteiger partial charge < -0.3 is 5.11 Å². The molecule has 0 unspecified atom stereocenters. The van der Waals surface area contributed by atoms with Crippen LogP contribution in [0.25, 0.3) is 10.4 Å². The molecule has 0 fully saturated rings. The molecule has 3 heterocycles. The number of hydrogen-bond acceptors (Lipinski definition) is 7. The third kappa shape index (κ3) is 8.15. The van der Waals surface area contributed by atoms with E-state index in [4.69, 9.17) is 10.6 Å². The number of carboxylic acids is 1. The summed E-state index contributed by atoms with van der Waals surface area (Å²) in [5.74, 6) is -1.36. The normalized spacial score (nSPS) is 8.46. The van der Waals surface area contributed by atoms with Gasteiger partial charge in [0.2, 0.25) is 6.08 Å². The number of aromatic carboxylic acids is 1. The SMILES string of the molecule is O=C(O)c1cccs1.O=C=Nc1cccs1.[N-]=[N+]=NC(=O)c1cccs1. The van der Waals surface area contributed by atoms with Crippen LogP contribution >= 0.6 is 34.0 Å². The lowest BCUT2D eigenvalue weighted by atomic mass is 10.5. The van der Waals surface area contributed by atoms with Gasteiger partial charge in [0.1, 0.15) is 9.88 Å². The number of carboxylic acid groups (broad SMARTS) is 1. The summed E-state index contributed by atoms with van der Waals surface area (Å²) in [4.78, 5) is 37.0. The van der Waals surface area contributed by atoms with E-state index in [-0.39, 0.29) is 0 Å². The Hall–Kier alpha value is -3.07. The smallest absolute Gasteiger partial charge is 0.345 e. The van der Waals surface area contributed by atoms with Crippen LogP contribution in [0.1, 0.15) is 19.3 Å². The van der Waals surface area contributed by atoms with Crippen molar-refractivity contribution in [2.45, 2.75) is 0 Å². The van der Waals surface area contributed by atoms with Crippen LogP contribution in [0.15, 0.2) is 62.6 Å². The highest BCUT2D eigenvalue weighted by molar-refractivity contribution is 7.13. The van der Waals surface area contributed by atoms with E-state index in [1.165, 1.54) is 40.1 Å². The molecule has 0 spiro atoms. The molecule has 0 aliphatic heterocycles. The number of thiophene rings is 3. The Morgan fingerprint density at radius 2 is 1.58 bits per heavy atom. The van der Waals surface area contributed by atoms with Crippen LogP contribution in [0.4, 0.5) is 5.00 Å². The minimum Gasteiger partial charge on any atom is -0.477 e. The maximum absolute atomic E-state index is 10.7. The Bertz CT molecular complexity index is 861. The highest BCUT2D eigenvalue weighted by atomic mass is 32.1. The van der Waals surface area contributed by atoms with Crippen molar-refractivity contribution in [1.82, 2.24) is 0 Å². The molecule has 3 aromatic rings. The second-order valence-electron chi connectivity index (χ2n) is 3.91. The third-order valence-electron chi connectivity index (χ3n) is 2.26. The number of nitrogens with zero attached hydrogens (tertiary/aromatic N) is 4. The Kier molecular flexibility index (Phi) is 9.93. The van der Waals surface area contributed by atoms with Gasteiger partial charge in [-0.2, -0.15) is 4.99 Å². The first kappa shape index (κ1) is 21.0. The minimum absolute atomic E-state index is 0.394. The highest BCUT2D eigenvalue weighted by Crippen LogP contribution is 2.17. The highest BCUT2D eigenvalue weighted by Gasteiger charge is 2.01. The molecular weight excluding hydrogens is 396 g/mol. The van der Waals surface area contributed by atoms with Gasteiger partial charge >= 0.3 is 5.97 Å². The van der Waals surface area contributed by atoms with Gasteiger partial charge in [-0.25, -0.2) is 9.59 Å². The lowest BCUT2D eigenvalue weighted by Crippen LogP contribution is -1.89. The first-order valence-corrected chi connectivity index (χ1v) is 9.23. The lowest BCUT2D eigenvalue weighted by Gasteiger charge is -1.80. The molecule has 1 amide bonds. The predicted octanol–water partition coefficient (Wildman–Crippen LogP) is 5.36. The van der Waals surface area contributed by atoms with Gasteiger partial charge in [-0.1, -0.05) is 12.1 Å². The fraction of sp³-hybridized carbons (Fsp3) is 0. The van der Waals surface area contributed by atoms with Crippen LogP contribution in [0.5, 0.6) is 0 Å². The van der Waals surface area contributed by atoms with Crippen molar-refractivity contribution < 1.29 is 19.5 Å². The molecule has 0 aliphatic carbocycles. The molecule has 0 bridgehead atoms. The quantitative estimate of drug-likeness (QED) is 0.206. The van der Waals surface area contributed by atoms with Gasteiger partial charge in [-0.3, -0.25) is 4.79 Å². The molecule has 0 aliphatic rings. The molecule has 0 saturated carbocycles. The maximum atomic E-state index is 10.7. The number of amides is 1. The number of aliphatic imine (C=N–C) groups is 1. The van der Waals surface area contributed by atoms with Crippen molar-refractivity contribution in [1.29, 1.82) is 0 Å². The molecule has 0 aromatic carbocycles. The Labute approximate surface area is 159 Å². The molecule has 3 aromatic heterocycles. The first-order valence-electron chi connectivity index (χ1n) is 6.59. The number of azide groups is 1. The zero-order valence-electron chi connectivity index (χ0n) is 12.9. The number of isocyanates is 1. The number of carbonyl (C=O) groups is 2. The van der Waals surface area contributed by atoms with E-state index in [1.807, 2.05) is 11.4 Å². The van der Waals surface area contributed by atoms with Gasteiger partial charge in [-0.15, -0.1) is 34.0 Å². The molecule has 1 N–H and O–H groups in total. The topological polar surface area (TPSA) is 133 Å². The van der Waals surface area contributed by atoms with Crippen molar-refractivity contribution in [2.75, 3.05) is 0 Å². The molecule has 0 atom stereocenters. The van der Waals surface area contributed by atoms with Crippen molar-refractivity contribution in [3.05, 3.63) is 72.7 Å². The van der Waals surface area contributed by atoms with Crippen molar-refractivity contribution in [2.24, 2.45) is 10.1 Å². The molecule has 8 nitrogen and oxygen atoms in total. The summed E-state index contributed by atoms with van der Waals surface area (Å²) in [6.07, 6.45) is 1.46. The third-order valence-corrected chi connectivity index (χ3v) is 4.74. The van der Waals surface area contributed by atoms with E-state index in [0.29, 0.717) is 14.8 Å². The van der Waals surface area contributed by atoms with E-state index in [2.05, 4.69) is 15.0 Å². The fourth-order valence-electron chi connectivity index (χ4n) is 1.27. The molecular formula is C15H10N4O4S3. The second-order valence-corrected chi connectivity index (χ2v) is 6.73. The molecule has 3 rings (SSSR count). The summed E-state index contributed by atoms with van der Waals surface area (Å²) < 4.78 is 0. The maximum Gasteiger partial charge on any atom is 0.345 e. The average molecular weight is 406 g/mol. The average Bonchev–Trinajstić information content (AvgIpc) is 3.38. The summed E-state index contributed by atoms with van der Waals surface area (Å²) in [5, 5.41) is 17.3. The fourth-order valence-corrected chi connectivity index (χ4v) is 2.98. The molecule has 0 radical (unpaired) electrons. The summed E-state index contributed by atoms with van der Waals surface area (Å²) >= 11 is 3.91. The van der Waals surface area contributed by atoms with Crippen molar-refractivity contribution in [3.8, 4) is 0 Å². The monoisotopic (exact) mass is 406 g/mol. The molecule has 26 heavy (non-hydrogen) atoms. The first-order chi connectivity index (χ1) is 12.6. The summed E-state index contributed by atoms with van der Waals surface area (Å²) in [7, 11) is 0. The van der Waals surface area contributed by atoms with Gasteiger partial charge in [0, 0.05) is 4.91 Å². The van der Waals surface area contributed by atoms with Gasteiger partial charge in [0.15, 0.2) is 0 Å². The van der Waals surface area contributed by atoms with Crippen molar-refractivity contribution in [3.63, 3.8) is 0 Å². The predicted molar refractivity (Wildman–Crippen MR) is 101 cm³/mol. The van der Waals surface area contributed by atoms with Gasteiger partial charge in [0.25, 0.3) is 5.91 Å². The van der Waals surface area contributed by atoms with E-state index in [0.717, 1.165) is 0 Å². The second kappa shape index (κ2) is 12.3. The number of carbonyl (C=O) groups excluding carboxylic acids is 2. The van der Waals surface area contributed by atoms with Crippen LogP contribution in [-0.4, -0.2) is 23.1 Å². The van der Waals surface area contributed by atoms with E-state index in [1.54, 1.807) is 41.1 Å². The lowest BCUT2D eigenvalue weighted by molar-refractivity contribution is 0.0702. The molecule has 11 heteroatoms. The Morgan fingerprint density at radius 1 is 1.00 bits per heavy atom.